The summed E-state index contributed by atoms with van der Waals surface area (Å²) in [5.74, 6) is 0.462. The third-order valence-electron chi connectivity index (χ3n) is 5.27. The molecule has 1 N–H and O–H groups in total. The van der Waals surface area contributed by atoms with Crippen LogP contribution in [0.2, 0.25) is 0 Å². The van der Waals surface area contributed by atoms with Gasteiger partial charge in [-0.1, -0.05) is 37.3 Å². The van der Waals surface area contributed by atoms with E-state index in [0.29, 0.717) is 5.75 Å². The minimum atomic E-state index is 0.105. The highest BCUT2D eigenvalue weighted by Crippen LogP contribution is 2.26. The Labute approximate surface area is 156 Å². The number of aryl methyl sites for hydroxylation is 1. The van der Waals surface area contributed by atoms with Gasteiger partial charge in [0.25, 0.3) is 0 Å². The van der Waals surface area contributed by atoms with Crippen molar-refractivity contribution in [1.82, 2.24) is 4.90 Å². The van der Waals surface area contributed by atoms with Crippen molar-refractivity contribution < 1.29 is 9.90 Å². The quantitative estimate of drug-likeness (QED) is 0.885. The number of aromatic hydroxyl groups is 1. The van der Waals surface area contributed by atoms with E-state index in [2.05, 4.69) is 36.1 Å². The smallest absolute Gasteiger partial charge is 0.224 e. The van der Waals surface area contributed by atoms with E-state index in [1.165, 1.54) is 5.56 Å². The molecule has 0 atom stereocenters. The van der Waals surface area contributed by atoms with Crippen LogP contribution >= 0.6 is 0 Å². The van der Waals surface area contributed by atoms with Gasteiger partial charge in [-0.15, -0.1) is 0 Å². The van der Waals surface area contributed by atoms with Crippen molar-refractivity contribution in [3.8, 4) is 5.75 Å². The lowest BCUT2D eigenvalue weighted by molar-refractivity contribution is -0.117. The number of likely N-dealkylation sites (tertiary alicyclic amines) is 1. The maximum absolute atomic E-state index is 12.3. The lowest BCUT2D eigenvalue weighted by Crippen LogP contribution is -2.46. The largest absolute Gasteiger partial charge is 0.508 e. The summed E-state index contributed by atoms with van der Waals surface area (Å²) in [6.45, 7) is 6.40. The molecule has 2 aromatic carbocycles. The number of hydrogen-bond acceptors (Lipinski definition) is 3. The first-order valence-corrected chi connectivity index (χ1v) is 9.46. The zero-order valence-corrected chi connectivity index (χ0v) is 15.7. The Hall–Kier alpha value is -2.33. The summed E-state index contributed by atoms with van der Waals surface area (Å²) < 4.78 is 0. The van der Waals surface area contributed by atoms with E-state index in [0.717, 1.165) is 50.1 Å². The summed E-state index contributed by atoms with van der Waals surface area (Å²) in [4.78, 5) is 16.6. The number of benzene rings is 2. The Balaban J connectivity index is 1.64. The zero-order valence-electron chi connectivity index (χ0n) is 15.7. The van der Waals surface area contributed by atoms with Gasteiger partial charge in [0, 0.05) is 43.9 Å². The number of carbonyl (C=O) groups is 1. The zero-order chi connectivity index (χ0) is 18.5. The Bertz CT molecular complexity index is 734. The molecular formula is C22H28N2O2. The average molecular weight is 352 g/mol. The number of phenols is 1. The number of carbonyl (C=O) groups excluding carboxylic acids is 1. The van der Waals surface area contributed by atoms with Crippen molar-refractivity contribution in [3.05, 3.63) is 59.7 Å². The topological polar surface area (TPSA) is 43.8 Å². The molecule has 26 heavy (non-hydrogen) atoms. The predicted molar refractivity (Wildman–Crippen MR) is 105 cm³/mol. The normalized spacial score (nSPS) is 15.8. The number of phenolic OH excluding ortho intramolecular Hbond substituents is 1. The van der Waals surface area contributed by atoms with Crippen LogP contribution in [0.15, 0.2) is 48.5 Å². The van der Waals surface area contributed by atoms with E-state index in [4.69, 9.17) is 0 Å². The van der Waals surface area contributed by atoms with Gasteiger partial charge in [0.2, 0.25) is 5.91 Å². The lowest BCUT2D eigenvalue weighted by Gasteiger charge is -2.38. The van der Waals surface area contributed by atoms with E-state index in [9.17, 15) is 9.90 Å². The molecule has 0 aliphatic carbocycles. The number of para-hydroxylation sites is 1. The van der Waals surface area contributed by atoms with Gasteiger partial charge in [-0.2, -0.15) is 0 Å². The highest BCUT2D eigenvalue weighted by molar-refractivity contribution is 5.92. The molecule has 1 heterocycles. The molecule has 3 rings (SSSR count). The number of piperidine rings is 1. The summed E-state index contributed by atoms with van der Waals surface area (Å²) in [5.41, 5.74) is 3.24. The molecule has 0 radical (unpaired) electrons. The number of rotatable bonds is 5. The van der Waals surface area contributed by atoms with Crippen LogP contribution in [-0.4, -0.2) is 35.0 Å². The van der Waals surface area contributed by atoms with E-state index >= 15 is 0 Å². The molecule has 0 spiro atoms. The molecule has 2 aromatic rings. The van der Waals surface area contributed by atoms with E-state index in [1.807, 2.05) is 23.1 Å². The summed E-state index contributed by atoms with van der Waals surface area (Å²) in [7, 11) is 0. The van der Waals surface area contributed by atoms with Crippen molar-refractivity contribution in [2.75, 3.05) is 18.0 Å². The Morgan fingerprint density at radius 1 is 1.12 bits per heavy atom. The molecule has 0 bridgehead atoms. The molecule has 1 aliphatic heterocycles. The first-order valence-electron chi connectivity index (χ1n) is 9.46. The molecule has 1 saturated heterocycles. The van der Waals surface area contributed by atoms with Crippen LogP contribution in [0.1, 0.15) is 37.8 Å². The fraction of sp³-hybridized carbons (Fsp3) is 0.409. The predicted octanol–water partition coefficient (Wildman–Crippen LogP) is 3.97. The summed E-state index contributed by atoms with van der Waals surface area (Å²) in [6.07, 6.45) is 2.90. The highest BCUT2D eigenvalue weighted by Gasteiger charge is 2.27. The van der Waals surface area contributed by atoms with Crippen LogP contribution in [0.4, 0.5) is 5.69 Å². The number of amides is 1. The molecule has 0 unspecified atom stereocenters. The van der Waals surface area contributed by atoms with Crippen LogP contribution in [-0.2, 0) is 17.8 Å². The van der Waals surface area contributed by atoms with Gasteiger partial charge in [-0.25, -0.2) is 0 Å². The molecule has 4 nitrogen and oxygen atoms in total. The third kappa shape index (κ3) is 4.25. The monoisotopic (exact) mass is 352 g/mol. The maximum Gasteiger partial charge on any atom is 0.224 e. The molecule has 4 heteroatoms. The minimum Gasteiger partial charge on any atom is -0.508 e. The van der Waals surface area contributed by atoms with Crippen molar-refractivity contribution in [2.24, 2.45) is 0 Å². The molecular weight excluding hydrogens is 324 g/mol. The van der Waals surface area contributed by atoms with E-state index < -0.39 is 0 Å². The number of anilines is 1. The second kappa shape index (κ2) is 8.37. The van der Waals surface area contributed by atoms with Gasteiger partial charge in [-0.05, 0) is 43.0 Å². The van der Waals surface area contributed by atoms with E-state index in [-0.39, 0.29) is 11.9 Å². The summed E-state index contributed by atoms with van der Waals surface area (Å²) in [6, 6.07) is 16.1. The molecule has 0 aromatic heterocycles. The SMILES string of the molecule is CCc1ccc(N(C(C)=O)C2CCN(Cc3ccccc3O)CC2)cc1. The average Bonchev–Trinajstić information content (AvgIpc) is 2.65. The van der Waals surface area contributed by atoms with Crippen molar-refractivity contribution in [3.63, 3.8) is 0 Å². The fourth-order valence-electron chi connectivity index (χ4n) is 3.76. The number of nitrogens with zero attached hydrogens (tertiary/aromatic N) is 2. The van der Waals surface area contributed by atoms with Gasteiger partial charge in [0.1, 0.15) is 5.75 Å². The van der Waals surface area contributed by atoms with Crippen molar-refractivity contribution in [1.29, 1.82) is 0 Å². The highest BCUT2D eigenvalue weighted by atomic mass is 16.3. The van der Waals surface area contributed by atoms with Crippen LogP contribution in [0.5, 0.6) is 5.75 Å². The maximum atomic E-state index is 12.3. The second-order valence-corrected chi connectivity index (χ2v) is 7.05. The second-order valence-electron chi connectivity index (χ2n) is 7.05. The molecule has 138 valence electrons. The van der Waals surface area contributed by atoms with Crippen LogP contribution in [0, 0.1) is 0 Å². The van der Waals surface area contributed by atoms with Crippen LogP contribution in [0.25, 0.3) is 0 Å². The lowest BCUT2D eigenvalue weighted by atomic mass is 10.0. The third-order valence-corrected chi connectivity index (χ3v) is 5.27. The van der Waals surface area contributed by atoms with Gasteiger partial charge >= 0.3 is 0 Å². The van der Waals surface area contributed by atoms with Gasteiger partial charge in [0.15, 0.2) is 0 Å². The van der Waals surface area contributed by atoms with Gasteiger partial charge < -0.3 is 10.0 Å². The fourth-order valence-corrected chi connectivity index (χ4v) is 3.76. The Morgan fingerprint density at radius 3 is 2.35 bits per heavy atom. The van der Waals surface area contributed by atoms with E-state index in [1.54, 1.807) is 13.0 Å². The van der Waals surface area contributed by atoms with Crippen molar-refractivity contribution in [2.45, 2.75) is 45.7 Å². The Morgan fingerprint density at radius 2 is 1.77 bits per heavy atom. The molecule has 1 amide bonds. The van der Waals surface area contributed by atoms with Crippen molar-refractivity contribution >= 4 is 11.6 Å². The Kier molecular flexibility index (Phi) is 5.94. The first-order chi connectivity index (χ1) is 12.6. The molecule has 1 aliphatic rings. The summed E-state index contributed by atoms with van der Waals surface area (Å²) in [5, 5.41) is 9.97. The van der Waals surface area contributed by atoms with Gasteiger partial charge in [0.05, 0.1) is 0 Å². The number of hydrogen-bond donors (Lipinski definition) is 1. The molecule has 0 saturated carbocycles. The first kappa shape index (κ1) is 18.5. The minimum absolute atomic E-state index is 0.105. The summed E-state index contributed by atoms with van der Waals surface area (Å²) >= 11 is 0. The molecule has 1 fully saturated rings. The van der Waals surface area contributed by atoms with Crippen LogP contribution in [0.3, 0.4) is 0 Å². The van der Waals surface area contributed by atoms with Gasteiger partial charge in [-0.3, -0.25) is 9.69 Å². The van der Waals surface area contributed by atoms with Crippen LogP contribution < -0.4 is 4.90 Å². The standard InChI is InChI=1S/C22H28N2O2/c1-3-18-8-10-20(11-9-18)24(17(2)25)21-12-14-23(15-13-21)16-19-6-4-5-7-22(19)26/h4-11,21,26H,3,12-16H2,1-2H3.